The predicted octanol–water partition coefficient (Wildman–Crippen LogP) is 2.41. The first kappa shape index (κ1) is 18.5. The highest BCUT2D eigenvalue weighted by molar-refractivity contribution is 6.30. The molecule has 0 spiro atoms. The average Bonchev–Trinajstić information content (AvgIpc) is 2.58. The van der Waals surface area contributed by atoms with Gasteiger partial charge >= 0.3 is 0 Å². The monoisotopic (exact) mass is 357 g/mol. The Morgan fingerprint density at radius 3 is 2.30 bits per heavy atom. The quantitative estimate of drug-likeness (QED) is 0.901. The van der Waals surface area contributed by atoms with Crippen LogP contribution in [0, 0.1) is 5.92 Å². The van der Waals surface area contributed by atoms with Gasteiger partial charge in [0.05, 0.1) is 0 Å². The third-order valence-electron chi connectivity index (χ3n) is 4.69. The molecule has 0 aliphatic carbocycles. The minimum atomic E-state index is 0. The molecule has 23 heavy (non-hydrogen) atoms. The minimum absolute atomic E-state index is 0. The topological polar surface area (TPSA) is 35.6 Å². The largest absolute Gasteiger partial charge is 0.340 e. The maximum absolute atomic E-state index is 12.5. The van der Waals surface area contributed by atoms with Gasteiger partial charge in [-0.1, -0.05) is 23.7 Å². The summed E-state index contributed by atoms with van der Waals surface area (Å²) in [5, 5.41) is 4.10. The molecule has 1 aromatic carbocycles. The van der Waals surface area contributed by atoms with Gasteiger partial charge in [0.15, 0.2) is 0 Å². The van der Waals surface area contributed by atoms with Gasteiger partial charge < -0.3 is 10.2 Å². The lowest BCUT2D eigenvalue weighted by molar-refractivity contribution is -0.138. The SMILES string of the molecule is Cl.O=C(C1CCNCC1)N1CCN(Cc2ccc(Cl)cc2)CC1. The Labute approximate surface area is 149 Å². The molecule has 0 bridgehead atoms. The van der Waals surface area contributed by atoms with Crippen LogP contribution < -0.4 is 5.32 Å². The minimum Gasteiger partial charge on any atom is -0.340 e. The molecule has 6 heteroatoms. The molecule has 4 nitrogen and oxygen atoms in total. The van der Waals surface area contributed by atoms with Gasteiger partial charge in [-0.05, 0) is 43.6 Å². The van der Waals surface area contributed by atoms with Crippen molar-refractivity contribution in [1.82, 2.24) is 15.1 Å². The average molecular weight is 358 g/mol. The van der Waals surface area contributed by atoms with Crippen molar-refractivity contribution in [2.24, 2.45) is 5.92 Å². The number of carbonyl (C=O) groups excluding carboxylic acids is 1. The molecular formula is C17H25Cl2N3O. The van der Waals surface area contributed by atoms with Crippen molar-refractivity contribution >= 4 is 29.9 Å². The number of piperidine rings is 1. The van der Waals surface area contributed by atoms with Crippen LogP contribution in [-0.2, 0) is 11.3 Å². The molecule has 3 rings (SSSR count). The van der Waals surface area contributed by atoms with Crippen LogP contribution in [0.15, 0.2) is 24.3 Å². The summed E-state index contributed by atoms with van der Waals surface area (Å²) in [5.74, 6) is 0.608. The second kappa shape index (κ2) is 8.88. The molecule has 1 aromatic rings. The first-order valence-corrected chi connectivity index (χ1v) is 8.56. The number of hydrogen-bond donors (Lipinski definition) is 1. The molecule has 0 saturated carbocycles. The van der Waals surface area contributed by atoms with Crippen molar-refractivity contribution < 1.29 is 4.79 Å². The Morgan fingerprint density at radius 2 is 1.70 bits per heavy atom. The first-order chi connectivity index (χ1) is 10.7. The molecule has 2 aliphatic rings. The summed E-state index contributed by atoms with van der Waals surface area (Å²) in [6, 6.07) is 8.03. The van der Waals surface area contributed by atoms with Gasteiger partial charge in [0, 0.05) is 43.7 Å². The van der Waals surface area contributed by atoms with Gasteiger partial charge in [-0.3, -0.25) is 9.69 Å². The number of benzene rings is 1. The lowest BCUT2D eigenvalue weighted by atomic mass is 9.96. The van der Waals surface area contributed by atoms with Crippen LogP contribution >= 0.6 is 24.0 Å². The van der Waals surface area contributed by atoms with Crippen LogP contribution in [0.5, 0.6) is 0 Å². The van der Waals surface area contributed by atoms with Crippen LogP contribution in [0.2, 0.25) is 5.02 Å². The standard InChI is InChI=1S/C17H24ClN3O.ClH/c18-16-3-1-14(2-4-16)13-20-9-11-21(12-10-20)17(22)15-5-7-19-8-6-15;/h1-4,15,19H,5-13H2;1H. The van der Waals surface area contributed by atoms with E-state index in [9.17, 15) is 4.79 Å². The van der Waals surface area contributed by atoms with Gasteiger partial charge in [-0.15, -0.1) is 12.4 Å². The predicted molar refractivity (Wildman–Crippen MR) is 96.2 cm³/mol. The van der Waals surface area contributed by atoms with E-state index in [1.54, 1.807) is 0 Å². The molecule has 2 aliphatic heterocycles. The Balaban J connectivity index is 0.00000192. The van der Waals surface area contributed by atoms with E-state index in [0.29, 0.717) is 5.91 Å². The number of nitrogens with zero attached hydrogens (tertiary/aromatic N) is 2. The molecule has 1 N–H and O–H groups in total. The van der Waals surface area contributed by atoms with Crippen LogP contribution in [0.4, 0.5) is 0 Å². The van der Waals surface area contributed by atoms with Crippen LogP contribution in [-0.4, -0.2) is 55.0 Å². The van der Waals surface area contributed by atoms with E-state index in [0.717, 1.165) is 63.7 Å². The fourth-order valence-corrected chi connectivity index (χ4v) is 3.43. The normalized spacial score (nSPS) is 20.1. The first-order valence-electron chi connectivity index (χ1n) is 8.19. The molecule has 128 valence electrons. The molecule has 0 unspecified atom stereocenters. The van der Waals surface area contributed by atoms with Crippen molar-refractivity contribution in [1.29, 1.82) is 0 Å². The molecular weight excluding hydrogens is 333 g/mol. The summed E-state index contributed by atoms with van der Waals surface area (Å²) in [5.41, 5.74) is 1.28. The summed E-state index contributed by atoms with van der Waals surface area (Å²) in [6.07, 6.45) is 1.98. The van der Waals surface area contributed by atoms with E-state index >= 15 is 0 Å². The van der Waals surface area contributed by atoms with Crippen LogP contribution in [0.25, 0.3) is 0 Å². The van der Waals surface area contributed by atoms with E-state index in [2.05, 4.69) is 27.2 Å². The summed E-state index contributed by atoms with van der Waals surface area (Å²) in [4.78, 5) is 17.0. The van der Waals surface area contributed by atoms with Gasteiger partial charge in [-0.25, -0.2) is 0 Å². The van der Waals surface area contributed by atoms with Gasteiger partial charge in [0.1, 0.15) is 0 Å². The lowest BCUT2D eigenvalue weighted by Crippen LogP contribution is -2.51. The van der Waals surface area contributed by atoms with E-state index in [1.807, 2.05) is 12.1 Å². The zero-order chi connectivity index (χ0) is 15.4. The number of carbonyl (C=O) groups is 1. The van der Waals surface area contributed by atoms with Gasteiger partial charge in [-0.2, -0.15) is 0 Å². The zero-order valence-electron chi connectivity index (χ0n) is 13.3. The number of amides is 1. The third kappa shape index (κ3) is 5.08. The summed E-state index contributed by atoms with van der Waals surface area (Å²) in [6.45, 7) is 6.53. The smallest absolute Gasteiger partial charge is 0.225 e. The van der Waals surface area contributed by atoms with Gasteiger partial charge in [0.2, 0.25) is 5.91 Å². The summed E-state index contributed by atoms with van der Waals surface area (Å²) < 4.78 is 0. The highest BCUT2D eigenvalue weighted by atomic mass is 35.5. The Kier molecular flexibility index (Phi) is 7.15. The van der Waals surface area contributed by atoms with Crippen molar-refractivity contribution in [3.05, 3.63) is 34.9 Å². The highest BCUT2D eigenvalue weighted by Gasteiger charge is 2.28. The summed E-state index contributed by atoms with van der Waals surface area (Å²) in [7, 11) is 0. The van der Waals surface area contributed by atoms with Gasteiger partial charge in [0.25, 0.3) is 0 Å². The molecule has 2 heterocycles. The zero-order valence-corrected chi connectivity index (χ0v) is 14.9. The lowest BCUT2D eigenvalue weighted by Gasteiger charge is -2.37. The van der Waals surface area contributed by atoms with E-state index in [4.69, 9.17) is 11.6 Å². The van der Waals surface area contributed by atoms with E-state index < -0.39 is 0 Å². The molecule has 1 amide bonds. The maximum atomic E-state index is 12.5. The van der Waals surface area contributed by atoms with Crippen molar-refractivity contribution in [3.8, 4) is 0 Å². The fraction of sp³-hybridized carbons (Fsp3) is 0.588. The van der Waals surface area contributed by atoms with Crippen molar-refractivity contribution in [2.45, 2.75) is 19.4 Å². The Morgan fingerprint density at radius 1 is 1.09 bits per heavy atom. The number of rotatable bonds is 3. The van der Waals surface area contributed by atoms with Crippen LogP contribution in [0.3, 0.4) is 0 Å². The number of hydrogen-bond acceptors (Lipinski definition) is 3. The van der Waals surface area contributed by atoms with Crippen LogP contribution in [0.1, 0.15) is 18.4 Å². The summed E-state index contributed by atoms with van der Waals surface area (Å²) >= 11 is 5.92. The molecule has 2 fully saturated rings. The Hall–Kier alpha value is -0.810. The second-order valence-corrected chi connectivity index (χ2v) is 6.69. The molecule has 2 saturated heterocycles. The maximum Gasteiger partial charge on any atom is 0.225 e. The second-order valence-electron chi connectivity index (χ2n) is 6.25. The number of piperazine rings is 1. The molecule has 0 aromatic heterocycles. The highest BCUT2D eigenvalue weighted by Crippen LogP contribution is 2.17. The molecule has 0 atom stereocenters. The Bertz CT molecular complexity index is 495. The third-order valence-corrected chi connectivity index (χ3v) is 4.94. The number of nitrogens with one attached hydrogen (secondary N) is 1. The number of halogens is 2. The van der Waals surface area contributed by atoms with E-state index in [-0.39, 0.29) is 18.3 Å². The van der Waals surface area contributed by atoms with Crippen molar-refractivity contribution in [3.63, 3.8) is 0 Å². The van der Waals surface area contributed by atoms with E-state index in [1.165, 1.54) is 5.56 Å². The van der Waals surface area contributed by atoms with Crippen molar-refractivity contribution in [2.75, 3.05) is 39.3 Å². The molecule has 0 radical (unpaired) electrons. The fourth-order valence-electron chi connectivity index (χ4n) is 3.30.